The molecule has 2 N–H and O–H groups in total. The third kappa shape index (κ3) is 1.68. The van der Waals surface area contributed by atoms with E-state index in [4.69, 9.17) is 5.73 Å². The maximum Gasteiger partial charge on any atom is 0.324 e. The molecule has 3 rings (SSSR count). The average molecular weight is 245 g/mol. The first-order valence-corrected chi connectivity index (χ1v) is 6.49. The zero-order valence-corrected chi connectivity index (χ0v) is 10.7. The third-order valence-corrected chi connectivity index (χ3v) is 4.23. The van der Waals surface area contributed by atoms with E-state index in [0.29, 0.717) is 6.54 Å². The maximum atomic E-state index is 12.0. The fourth-order valence-electron chi connectivity index (χ4n) is 2.65. The van der Waals surface area contributed by atoms with Gasteiger partial charge in [0, 0.05) is 37.8 Å². The lowest BCUT2D eigenvalue weighted by atomic mass is 9.95. The number of anilines is 1. The molecule has 1 aliphatic carbocycles. The maximum absolute atomic E-state index is 12.0. The summed E-state index contributed by atoms with van der Waals surface area (Å²) in [7, 11) is 1.84. The molecule has 4 heteroatoms. The first-order chi connectivity index (χ1) is 8.66. The molecule has 1 aromatic rings. The van der Waals surface area contributed by atoms with Gasteiger partial charge in [-0.25, -0.2) is 4.79 Å². The Labute approximate surface area is 107 Å². The number of urea groups is 1. The molecule has 1 saturated carbocycles. The van der Waals surface area contributed by atoms with Gasteiger partial charge in [-0.15, -0.1) is 0 Å². The van der Waals surface area contributed by atoms with Crippen LogP contribution >= 0.6 is 0 Å². The molecule has 18 heavy (non-hydrogen) atoms. The van der Waals surface area contributed by atoms with Crippen molar-refractivity contribution in [3.8, 4) is 0 Å². The second-order valence-corrected chi connectivity index (χ2v) is 5.39. The van der Waals surface area contributed by atoms with Gasteiger partial charge in [0.15, 0.2) is 0 Å². The van der Waals surface area contributed by atoms with Crippen LogP contribution in [0, 0.1) is 0 Å². The molecule has 0 aromatic heterocycles. The summed E-state index contributed by atoms with van der Waals surface area (Å²) in [6.07, 6.45) is 2.33. The summed E-state index contributed by atoms with van der Waals surface area (Å²) in [5.74, 6) is 0. The van der Waals surface area contributed by atoms with Crippen LogP contribution in [0.25, 0.3) is 0 Å². The van der Waals surface area contributed by atoms with E-state index in [1.807, 2.05) is 24.1 Å². The minimum atomic E-state index is 0.0877. The van der Waals surface area contributed by atoms with Crippen LogP contribution in [0.4, 0.5) is 10.5 Å². The van der Waals surface area contributed by atoms with Gasteiger partial charge in [0.2, 0.25) is 0 Å². The monoisotopic (exact) mass is 245 g/mol. The Morgan fingerprint density at radius 2 is 2.11 bits per heavy atom. The van der Waals surface area contributed by atoms with Gasteiger partial charge in [-0.2, -0.15) is 0 Å². The molecule has 0 radical (unpaired) electrons. The minimum absolute atomic E-state index is 0.0877. The Hall–Kier alpha value is -1.55. The first kappa shape index (κ1) is 11.5. The number of amides is 2. The summed E-state index contributed by atoms with van der Waals surface area (Å²) in [4.78, 5) is 15.6. The van der Waals surface area contributed by atoms with E-state index < -0.39 is 0 Å². The lowest BCUT2D eigenvalue weighted by Gasteiger charge is -2.19. The predicted octanol–water partition coefficient (Wildman–Crippen LogP) is 1.55. The molecular formula is C14H19N3O. The van der Waals surface area contributed by atoms with Crippen LogP contribution in [0.5, 0.6) is 0 Å². The number of benzene rings is 1. The Morgan fingerprint density at radius 3 is 2.67 bits per heavy atom. The molecular weight excluding hydrogens is 226 g/mol. The number of carbonyl (C=O) groups excluding carboxylic acids is 1. The number of nitrogens with zero attached hydrogens (tertiary/aromatic N) is 2. The number of hydrogen-bond acceptors (Lipinski definition) is 2. The van der Waals surface area contributed by atoms with Crippen molar-refractivity contribution in [3.05, 3.63) is 29.8 Å². The number of hydrogen-bond donors (Lipinski definition) is 1. The van der Waals surface area contributed by atoms with E-state index in [9.17, 15) is 4.79 Å². The zero-order chi connectivity index (χ0) is 12.8. The van der Waals surface area contributed by atoms with Crippen molar-refractivity contribution in [2.24, 2.45) is 5.73 Å². The topological polar surface area (TPSA) is 49.6 Å². The quantitative estimate of drug-likeness (QED) is 0.878. The molecule has 4 nitrogen and oxygen atoms in total. The lowest BCUT2D eigenvalue weighted by Crippen LogP contribution is -2.29. The minimum Gasteiger partial charge on any atom is -0.330 e. The highest BCUT2D eigenvalue weighted by Crippen LogP contribution is 2.47. The van der Waals surface area contributed by atoms with Gasteiger partial charge in [-0.05, 0) is 30.5 Å². The second kappa shape index (κ2) is 3.99. The van der Waals surface area contributed by atoms with Crippen molar-refractivity contribution in [1.82, 2.24) is 4.90 Å². The molecule has 1 heterocycles. The normalized spacial score (nSPS) is 21.6. The number of nitrogens with two attached hydrogens (primary N) is 1. The van der Waals surface area contributed by atoms with Crippen molar-refractivity contribution in [1.29, 1.82) is 0 Å². The molecule has 0 unspecified atom stereocenters. The molecule has 2 aliphatic rings. The molecule has 2 fully saturated rings. The van der Waals surface area contributed by atoms with Crippen LogP contribution in [0.2, 0.25) is 0 Å². The number of likely N-dealkylation sites (N-methyl/N-ethyl adjacent to an activating group) is 1. The predicted molar refractivity (Wildman–Crippen MR) is 71.8 cm³/mol. The van der Waals surface area contributed by atoms with Crippen LogP contribution < -0.4 is 10.6 Å². The van der Waals surface area contributed by atoms with Crippen molar-refractivity contribution >= 4 is 11.7 Å². The van der Waals surface area contributed by atoms with Crippen LogP contribution in [0.15, 0.2) is 24.3 Å². The summed E-state index contributed by atoms with van der Waals surface area (Å²) in [6, 6.07) is 8.40. The molecule has 96 valence electrons. The summed E-state index contributed by atoms with van der Waals surface area (Å²) in [6.45, 7) is 2.27. The van der Waals surface area contributed by atoms with Crippen LogP contribution in [0.3, 0.4) is 0 Å². The third-order valence-electron chi connectivity index (χ3n) is 4.23. The fraction of sp³-hybridized carbons (Fsp3) is 0.500. The SMILES string of the molecule is CN1CCN(c2cccc(C3(CN)CC3)c2)C1=O. The molecule has 1 aliphatic heterocycles. The molecule has 1 saturated heterocycles. The highest BCUT2D eigenvalue weighted by molar-refractivity contribution is 5.94. The lowest BCUT2D eigenvalue weighted by molar-refractivity contribution is 0.229. The Kier molecular flexibility index (Phi) is 2.55. The number of rotatable bonds is 3. The van der Waals surface area contributed by atoms with Crippen molar-refractivity contribution in [2.45, 2.75) is 18.3 Å². The molecule has 2 amide bonds. The van der Waals surface area contributed by atoms with Crippen molar-refractivity contribution < 1.29 is 4.79 Å². The molecule has 0 spiro atoms. The van der Waals surface area contributed by atoms with Crippen LogP contribution in [-0.2, 0) is 5.41 Å². The largest absolute Gasteiger partial charge is 0.330 e. The standard InChI is InChI=1S/C14H19N3O/c1-16-7-8-17(13(16)18)12-4-2-3-11(9-12)14(10-15)5-6-14/h2-4,9H,5-8,10,15H2,1H3. The average Bonchev–Trinajstić information content (AvgIpc) is 3.13. The Balaban J connectivity index is 1.90. The van der Waals surface area contributed by atoms with Crippen molar-refractivity contribution in [3.63, 3.8) is 0 Å². The van der Waals surface area contributed by atoms with Gasteiger partial charge in [0.05, 0.1) is 0 Å². The smallest absolute Gasteiger partial charge is 0.324 e. The zero-order valence-electron chi connectivity index (χ0n) is 10.7. The molecule has 0 atom stereocenters. The van der Waals surface area contributed by atoms with E-state index in [1.165, 1.54) is 18.4 Å². The Morgan fingerprint density at radius 1 is 1.33 bits per heavy atom. The van der Waals surface area contributed by atoms with E-state index in [0.717, 1.165) is 18.8 Å². The summed E-state index contributed by atoms with van der Waals surface area (Å²) in [5.41, 5.74) is 8.33. The molecule has 0 bridgehead atoms. The van der Waals surface area contributed by atoms with Crippen LogP contribution in [-0.4, -0.2) is 37.6 Å². The fourth-order valence-corrected chi connectivity index (χ4v) is 2.65. The van der Waals surface area contributed by atoms with Gasteiger partial charge < -0.3 is 10.6 Å². The highest BCUT2D eigenvalue weighted by atomic mass is 16.2. The van der Waals surface area contributed by atoms with Gasteiger partial charge in [0.1, 0.15) is 0 Å². The second-order valence-electron chi connectivity index (χ2n) is 5.39. The van der Waals surface area contributed by atoms with E-state index in [1.54, 1.807) is 4.90 Å². The number of carbonyl (C=O) groups is 1. The van der Waals surface area contributed by atoms with E-state index >= 15 is 0 Å². The van der Waals surface area contributed by atoms with E-state index in [2.05, 4.69) is 12.1 Å². The van der Waals surface area contributed by atoms with Gasteiger partial charge in [-0.3, -0.25) is 4.90 Å². The summed E-state index contributed by atoms with van der Waals surface area (Å²) >= 11 is 0. The Bertz CT molecular complexity index is 482. The van der Waals surface area contributed by atoms with Crippen molar-refractivity contribution in [2.75, 3.05) is 31.6 Å². The summed E-state index contributed by atoms with van der Waals surface area (Å²) < 4.78 is 0. The summed E-state index contributed by atoms with van der Waals surface area (Å²) in [5, 5.41) is 0. The van der Waals surface area contributed by atoms with Gasteiger partial charge in [-0.1, -0.05) is 12.1 Å². The first-order valence-electron chi connectivity index (χ1n) is 6.49. The van der Waals surface area contributed by atoms with Gasteiger partial charge >= 0.3 is 6.03 Å². The van der Waals surface area contributed by atoms with Gasteiger partial charge in [0.25, 0.3) is 0 Å². The molecule has 1 aromatic carbocycles. The van der Waals surface area contributed by atoms with Crippen LogP contribution in [0.1, 0.15) is 18.4 Å². The highest BCUT2D eigenvalue weighted by Gasteiger charge is 2.43. The van der Waals surface area contributed by atoms with E-state index in [-0.39, 0.29) is 11.4 Å².